The van der Waals surface area contributed by atoms with Crippen LogP contribution in [0.3, 0.4) is 0 Å². The third-order valence-corrected chi connectivity index (χ3v) is 4.77. The molecule has 1 aliphatic carbocycles. The topological polar surface area (TPSA) is 68.0 Å². The molecule has 0 saturated heterocycles. The number of hydrogen-bond acceptors (Lipinski definition) is 5. The average molecular weight is 358 g/mol. The molecule has 1 aromatic carbocycles. The molecule has 1 amide bonds. The molecule has 0 bridgehead atoms. The van der Waals surface area contributed by atoms with Gasteiger partial charge in [-0.2, -0.15) is 0 Å². The Bertz CT molecular complexity index is 683. The molecule has 1 aliphatic rings. The highest BCUT2D eigenvalue weighted by Crippen LogP contribution is 2.40. The summed E-state index contributed by atoms with van der Waals surface area (Å²) in [6.07, 6.45) is 2.18. The van der Waals surface area contributed by atoms with Crippen LogP contribution in [0.1, 0.15) is 31.6 Å². The number of rotatable bonds is 5. The summed E-state index contributed by atoms with van der Waals surface area (Å²) >= 11 is 13.3. The Labute approximate surface area is 141 Å². The molecule has 3 rings (SSSR count). The number of hydrogen-bond donors (Lipinski definition) is 1. The number of amides is 1. The summed E-state index contributed by atoms with van der Waals surface area (Å²) in [4.78, 5) is 12.2. The van der Waals surface area contributed by atoms with E-state index in [4.69, 9.17) is 27.6 Å². The van der Waals surface area contributed by atoms with Crippen molar-refractivity contribution < 1.29 is 9.21 Å². The van der Waals surface area contributed by atoms with Gasteiger partial charge in [0.1, 0.15) is 0 Å². The fourth-order valence-corrected chi connectivity index (χ4v) is 2.99. The number of carbonyl (C=O) groups is 1. The predicted molar refractivity (Wildman–Crippen MR) is 86.7 cm³/mol. The molecule has 1 atom stereocenters. The molecule has 2 aromatic rings. The van der Waals surface area contributed by atoms with E-state index in [0.29, 0.717) is 32.8 Å². The highest BCUT2D eigenvalue weighted by Gasteiger charge is 2.30. The third kappa shape index (κ3) is 3.56. The zero-order valence-electron chi connectivity index (χ0n) is 11.7. The number of aromatic nitrogens is 2. The second-order valence-corrected chi connectivity index (χ2v) is 7.13. The van der Waals surface area contributed by atoms with Gasteiger partial charge < -0.3 is 9.73 Å². The SMILES string of the molecule is C[C@H](Sc1nnc(C2CC2)o1)C(=O)Nc1c(Cl)cccc1Cl. The van der Waals surface area contributed by atoms with Gasteiger partial charge in [0, 0.05) is 5.92 Å². The minimum atomic E-state index is -0.417. The molecule has 0 radical (unpaired) electrons. The normalized spacial score (nSPS) is 15.6. The lowest BCUT2D eigenvalue weighted by Gasteiger charge is -2.12. The lowest BCUT2D eigenvalue weighted by Crippen LogP contribution is -2.22. The molecule has 5 nitrogen and oxygen atoms in total. The summed E-state index contributed by atoms with van der Waals surface area (Å²) in [7, 11) is 0. The van der Waals surface area contributed by atoms with Gasteiger partial charge >= 0.3 is 0 Å². The monoisotopic (exact) mass is 357 g/mol. The van der Waals surface area contributed by atoms with Gasteiger partial charge in [0.25, 0.3) is 5.22 Å². The Hall–Kier alpha value is -1.24. The standard InChI is InChI=1S/C14H13Cl2N3O2S/c1-7(22-14-19-18-13(21-14)8-5-6-8)12(20)17-11-9(15)3-2-4-10(11)16/h2-4,7-8H,5-6H2,1H3,(H,17,20)/t7-/m0/s1. The smallest absolute Gasteiger partial charge is 0.277 e. The van der Waals surface area contributed by atoms with Gasteiger partial charge in [-0.15, -0.1) is 10.2 Å². The van der Waals surface area contributed by atoms with Crippen molar-refractivity contribution in [2.45, 2.75) is 36.2 Å². The molecule has 1 aromatic heterocycles. The second kappa shape index (κ2) is 6.48. The molecule has 0 unspecified atom stereocenters. The van der Waals surface area contributed by atoms with Crippen LogP contribution in [0.2, 0.25) is 10.0 Å². The van der Waals surface area contributed by atoms with E-state index < -0.39 is 5.25 Å². The Morgan fingerprint density at radius 3 is 2.68 bits per heavy atom. The third-order valence-electron chi connectivity index (χ3n) is 3.21. The Morgan fingerprint density at radius 1 is 1.36 bits per heavy atom. The number of halogens is 2. The van der Waals surface area contributed by atoms with Crippen LogP contribution in [-0.4, -0.2) is 21.4 Å². The van der Waals surface area contributed by atoms with Crippen LogP contribution in [0.5, 0.6) is 0 Å². The van der Waals surface area contributed by atoms with Gasteiger partial charge in [-0.25, -0.2) is 0 Å². The Kier molecular flexibility index (Phi) is 4.61. The van der Waals surface area contributed by atoms with Crippen molar-refractivity contribution in [2.75, 3.05) is 5.32 Å². The Morgan fingerprint density at radius 2 is 2.05 bits per heavy atom. The van der Waals surface area contributed by atoms with E-state index in [1.54, 1.807) is 25.1 Å². The largest absolute Gasteiger partial charge is 0.416 e. The lowest BCUT2D eigenvalue weighted by molar-refractivity contribution is -0.115. The molecule has 1 N–H and O–H groups in total. The van der Waals surface area contributed by atoms with E-state index >= 15 is 0 Å². The summed E-state index contributed by atoms with van der Waals surface area (Å²) in [6, 6.07) is 5.05. The van der Waals surface area contributed by atoms with E-state index in [2.05, 4.69) is 15.5 Å². The van der Waals surface area contributed by atoms with Crippen LogP contribution in [0, 0.1) is 0 Å². The van der Waals surface area contributed by atoms with Gasteiger partial charge in [0.05, 0.1) is 21.0 Å². The summed E-state index contributed by atoms with van der Waals surface area (Å²) in [5.74, 6) is 0.823. The van der Waals surface area contributed by atoms with Crippen LogP contribution < -0.4 is 5.32 Å². The first-order valence-electron chi connectivity index (χ1n) is 6.79. The lowest BCUT2D eigenvalue weighted by atomic mass is 10.3. The maximum Gasteiger partial charge on any atom is 0.277 e. The second-order valence-electron chi connectivity index (χ2n) is 5.03. The number of thioether (sulfide) groups is 1. The van der Waals surface area contributed by atoms with E-state index in [-0.39, 0.29) is 5.91 Å². The van der Waals surface area contributed by atoms with Gasteiger partial charge in [0.2, 0.25) is 11.8 Å². The fourth-order valence-electron chi connectivity index (χ4n) is 1.81. The zero-order chi connectivity index (χ0) is 15.7. The van der Waals surface area contributed by atoms with Crippen molar-refractivity contribution in [1.29, 1.82) is 0 Å². The van der Waals surface area contributed by atoms with Crippen molar-refractivity contribution in [3.63, 3.8) is 0 Å². The van der Waals surface area contributed by atoms with Crippen LogP contribution in [-0.2, 0) is 4.79 Å². The van der Waals surface area contributed by atoms with Crippen molar-refractivity contribution in [3.05, 3.63) is 34.1 Å². The highest BCUT2D eigenvalue weighted by atomic mass is 35.5. The molecule has 1 heterocycles. The van der Waals surface area contributed by atoms with Gasteiger partial charge in [-0.1, -0.05) is 41.0 Å². The predicted octanol–water partition coefficient (Wildman–Crippen LogP) is 4.37. The minimum Gasteiger partial charge on any atom is -0.416 e. The van der Waals surface area contributed by atoms with Crippen LogP contribution in [0.25, 0.3) is 0 Å². The molecular formula is C14H13Cl2N3O2S. The van der Waals surface area contributed by atoms with Crippen molar-refractivity contribution in [1.82, 2.24) is 10.2 Å². The van der Waals surface area contributed by atoms with Crippen LogP contribution in [0.15, 0.2) is 27.8 Å². The minimum absolute atomic E-state index is 0.230. The van der Waals surface area contributed by atoms with Gasteiger partial charge in [-0.3, -0.25) is 4.79 Å². The zero-order valence-corrected chi connectivity index (χ0v) is 14.0. The van der Waals surface area contributed by atoms with Gasteiger partial charge in [-0.05, 0) is 31.9 Å². The molecule has 0 spiro atoms. The molecule has 22 heavy (non-hydrogen) atoms. The molecule has 8 heteroatoms. The average Bonchev–Trinajstić information content (AvgIpc) is 3.23. The van der Waals surface area contributed by atoms with E-state index in [9.17, 15) is 4.79 Å². The molecule has 1 fully saturated rings. The fraction of sp³-hybridized carbons (Fsp3) is 0.357. The summed E-state index contributed by atoms with van der Waals surface area (Å²) < 4.78 is 5.53. The maximum absolute atomic E-state index is 12.2. The number of nitrogens with zero attached hydrogens (tertiary/aromatic N) is 2. The first-order valence-corrected chi connectivity index (χ1v) is 8.43. The number of carbonyl (C=O) groups excluding carboxylic acids is 1. The van der Waals surface area contributed by atoms with Gasteiger partial charge in [0.15, 0.2) is 0 Å². The van der Waals surface area contributed by atoms with Crippen molar-refractivity contribution in [3.8, 4) is 0 Å². The first-order chi connectivity index (χ1) is 10.5. The van der Waals surface area contributed by atoms with Crippen molar-refractivity contribution in [2.24, 2.45) is 0 Å². The van der Waals surface area contributed by atoms with Crippen molar-refractivity contribution >= 4 is 46.6 Å². The Balaban J connectivity index is 1.63. The molecule has 1 saturated carbocycles. The van der Waals surface area contributed by atoms with E-state index in [1.165, 1.54) is 11.8 Å². The number of anilines is 1. The maximum atomic E-state index is 12.2. The first kappa shape index (κ1) is 15.6. The van der Waals surface area contributed by atoms with E-state index in [0.717, 1.165) is 12.8 Å². The number of nitrogens with one attached hydrogen (secondary N) is 1. The number of benzene rings is 1. The summed E-state index contributed by atoms with van der Waals surface area (Å²) in [6.45, 7) is 1.76. The summed E-state index contributed by atoms with van der Waals surface area (Å²) in [5, 5.41) is 11.4. The van der Waals surface area contributed by atoms with Crippen LogP contribution in [0.4, 0.5) is 5.69 Å². The number of para-hydroxylation sites is 1. The molecule has 116 valence electrons. The molecular weight excluding hydrogens is 345 g/mol. The quantitative estimate of drug-likeness (QED) is 0.804. The highest BCUT2D eigenvalue weighted by molar-refractivity contribution is 8.00. The molecule has 0 aliphatic heterocycles. The van der Waals surface area contributed by atoms with E-state index in [1.807, 2.05) is 0 Å². The van der Waals surface area contributed by atoms with Crippen LogP contribution >= 0.6 is 35.0 Å². The summed E-state index contributed by atoms with van der Waals surface area (Å²) in [5.41, 5.74) is 0.410.